The first-order chi connectivity index (χ1) is 17.4. The molecule has 1 aliphatic rings. The summed E-state index contributed by atoms with van der Waals surface area (Å²) in [6, 6.07) is 6.26. The molecule has 0 saturated carbocycles. The molecule has 10 nitrogen and oxygen atoms in total. The molecule has 0 bridgehead atoms. The summed E-state index contributed by atoms with van der Waals surface area (Å²) in [5.74, 6) is -2.05. The molecule has 2 N–H and O–H groups in total. The van der Waals surface area contributed by atoms with Gasteiger partial charge in [-0.3, -0.25) is 9.59 Å². The molecule has 0 aromatic heterocycles. The van der Waals surface area contributed by atoms with Gasteiger partial charge in [0.15, 0.2) is 18.0 Å². The third kappa shape index (κ3) is 9.01. The Morgan fingerprint density at radius 1 is 0.921 bits per heavy atom. The van der Waals surface area contributed by atoms with Gasteiger partial charge >= 0.3 is 12.1 Å². The van der Waals surface area contributed by atoms with Crippen molar-refractivity contribution in [3.8, 4) is 5.75 Å². The van der Waals surface area contributed by atoms with E-state index >= 15 is 0 Å². The highest BCUT2D eigenvalue weighted by atomic mass is 16.6. The van der Waals surface area contributed by atoms with E-state index in [1.165, 1.54) is 6.92 Å². The Kier molecular flexibility index (Phi) is 9.94. The van der Waals surface area contributed by atoms with Crippen molar-refractivity contribution in [2.24, 2.45) is 11.7 Å². The van der Waals surface area contributed by atoms with Crippen LogP contribution in [0.1, 0.15) is 78.6 Å². The highest BCUT2D eigenvalue weighted by Crippen LogP contribution is 2.30. The number of nitrogens with zero attached hydrogens (tertiary/aromatic N) is 1. The van der Waals surface area contributed by atoms with Crippen LogP contribution in [-0.4, -0.2) is 71.3 Å². The van der Waals surface area contributed by atoms with Crippen LogP contribution in [0, 0.1) is 5.92 Å². The zero-order valence-corrected chi connectivity index (χ0v) is 23.8. The molecule has 38 heavy (non-hydrogen) atoms. The summed E-state index contributed by atoms with van der Waals surface area (Å²) in [7, 11) is 0. The molecule has 2 atom stereocenters. The van der Waals surface area contributed by atoms with Gasteiger partial charge in [-0.15, -0.1) is 0 Å². The number of esters is 1. The lowest BCUT2D eigenvalue weighted by Gasteiger charge is -2.39. The third-order valence-electron chi connectivity index (χ3n) is 6.13. The maximum Gasteiger partial charge on any atom is 0.410 e. The molecule has 212 valence electrons. The molecule has 2 amide bonds. The fraction of sp³-hybridized carbons (Fsp3) is 0.643. The normalized spacial score (nSPS) is 17.2. The number of amides is 2. The second-order valence-corrected chi connectivity index (χ2v) is 11.7. The van der Waals surface area contributed by atoms with Crippen molar-refractivity contribution >= 4 is 23.8 Å². The van der Waals surface area contributed by atoms with Crippen molar-refractivity contribution < 1.29 is 38.1 Å². The van der Waals surface area contributed by atoms with Gasteiger partial charge < -0.3 is 29.6 Å². The number of ether oxygens (including phenoxy) is 4. The van der Waals surface area contributed by atoms with Crippen molar-refractivity contribution in [3.05, 3.63) is 29.8 Å². The number of nitrogens with two attached hydrogens (primary N) is 1. The van der Waals surface area contributed by atoms with Crippen LogP contribution in [0.5, 0.6) is 5.75 Å². The van der Waals surface area contributed by atoms with Gasteiger partial charge in [-0.2, -0.15) is 0 Å². The van der Waals surface area contributed by atoms with E-state index in [0.717, 1.165) is 0 Å². The number of benzene rings is 1. The minimum absolute atomic E-state index is 0.263. The Morgan fingerprint density at radius 2 is 1.45 bits per heavy atom. The van der Waals surface area contributed by atoms with Crippen molar-refractivity contribution in [3.63, 3.8) is 0 Å². The van der Waals surface area contributed by atoms with Gasteiger partial charge in [0, 0.05) is 18.7 Å². The number of primary amides is 1. The zero-order valence-electron chi connectivity index (χ0n) is 23.8. The molecule has 1 aliphatic heterocycles. The molecule has 1 saturated heterocycles. The lowest BCUT2D eigenvalue weighted by molar-refractivity contribution is -0.159. The van der Waals surface area contributed by atoms with Crippen molar-refractivity contribution in [1.29, 1.82) is 0 Å². The molecule has 1 fully saturated rings. The van der Waals surface area contributed by atoms with Crippen LogP contribution in [0.3, 0.4) is 0 Å². The highest BCUT2D eigenvalue weighted by Gasteiger charge is 2.45. The van der Waals surface area contributed by atoms with Crippen LogP contribution in [0.2, 0.25) is 0 Å². The molecule has 1 heterocycles. The lowest BCUT2D eigenvalue weighted by Crippen LogP contribution is -2.54. The average molecular weight is 535 g/mol. The van der Waals surface area contributed by atoms with Crippen LogP contribution in [0.4, 0.5) is 4.79 Å². The van der Waals surface area contributed by atoms with E-state index in [9.17, 15) is 19.2 Å². The van der Waals surface area contributed by atoms with E-state index in [1.54, 1.807) is 56.9 Å². The Labute approximate surface area is 225 Å². The number of ketones is 1. The number of rotatable bonds is 9. The van der Waals surface area contributed by atoms with Gasteiger partial charge in [0.1, 0.15) is 17.0 Å². The number of hydrogen-bond donors (Lipinski definition) is 1. The molecular formula is C28H42N2O8. The lowest BCUT2D eigenvalue weighted by atomic mass is 9.83. The van der Waals surface area contributed by atoms with Crippen LogP contribution < -0.4 is 10.5 Å². The fourth-order valence-corrected chi connectivity index (χ4v) is 3.93. The second kappa shape index (κ2) is 12.1. The summed E-state index contributed by atoms with van der Waals surface area (Å²) in [5.41, 5.74) is 3.31. The topological polar surface area (TPSA) is 134 Å². The van der Waals surface area contributed by atoms with Gasteiger partial charge in [0.25, 0.3) is 0 Å². The molecule has 1 aromatic rings. The number of carbonyl (C=O) groups is 4. The summed E-state index contributed by atoms with van der Waals surface area (Å²) >= 11 is 0. The first-order valence-corrected chi connectivity index (χ1v) is 12.9. The van der Waals surface area contributed by atoms with Crippen LogP contribution in [0.15, 0.2) is 24.3 Å². The maximum absolute atomic E-state index is 13.3. The third-order valence-corrected chi connectivity index (χ3v) is 6.13. The first-order valence-electron chi connectivity index (χ1n) is 12.9. The largest absolute Gasteiger partial charge is 0.482 e. The highest BCUT2D eigenvalue weighted by molar-refractivity contribution is 6.02. The van der Waals surface area contributed by atoms with Gasteiger partial charge in [-0.25, -0.2) is 9.59 Å². The minimum Gasteiger partial charge on any atom is -0.482 e. The fourth-order valence-electron chi connectivity index (χ4n) is 3.93. The van der Waals surface area contributed by atoms with Crippen molar-refractivity contribution in [2.75, 3.05) is 19.7 Å². The number of carbonyl (C=O) groups excluding carboxylic acids is 4. The number of piperidine rings is 1. The Morgan fingerprint density at radius 3 is 1.92 bits per heavy atom. The number of hydrogen-bond acceptors (Lipinski definition) is 8. The monoisotopic (exact) mass is 534 g/mol. The van der Waals surface area contributed by atoms with Crippen LogP contribution in [-0.2, 0) is 23.8 Å². The summed E-state index contributed by atoms with van der Waals surface area (Å²) in [6.07, 6.45) is 0.208. The SMILES string of the molecule is CC(C(=O)c1ccc(OCC(=O)OC(C)(C)C)cc1)C(C)(OC1CCN(C(=O)OC(C)(C)C)CC1)C(N)=O. The molecule has 2 rings (SSSR count). The Balaban J connectivity index is 2.00. The summed E-state index contributed by atoms with van der Waals surface area (Å²) in [4.78, 5) is 51.6. The predicted molar refractivity (Wildman–Crippen MR) is 141 cm³/mol. The molecule has 0 radical (unpaired) electrons. The van der Waals surface area contributed by atoms with Gasteiger partial charge in [-0.1, -0.05) is 6.92 Å². The summed E-state index contributed by atoms with van der Waals surface area (Å²) < 4.78 is 22.2. The first kappa shape index (κ1) is 31.1. The molecule has 1 aromatic carbocycles. The van der Waals surface area contributed by atoms with Gasteiger partial charge in [0.2, 0.25) is 5.91 Å². The minimum atomic E-state index is -1.55. The van der Waals surface area contributed by atoms with E-state index in [-0.39, 0.29) is 18.5 Å². The van der Waals surface area contributed by atoms with E-state index in [2.05, 4.69) is 0 Å². The quantitative estimate of drug-likeness (QED) is 0.372. The molecular weight excluding hydrogens is 492 g/mol. The van der Waals surface area contributed by atoms with Crippen LogP contribution in [0.25, 0.3) is 0 Å². The molecule has 10 heteroatoms. The van der Waals surface area contributed by atoms with E-state index < -0.39 is 40.7 Å². The second-order valence-electron chi connectivity index (χ2n) is 11.7. The number of likely N-dealkylation sites (tertiary alicyclic amines) is 1. The molecule has 0 spiro atoms. The van der Waals surface area contributed by atoms with E-state index in [0.29, 0.717) is 37.2 Å². The van der Waals surface area contributed by atoms with Crippen molar-refractivity contribution in [2.45, 2.75) is 91.1 Å². The van der Waals surface area contributed by atoms with E-state index in [4.69, 9.17) is 24.7 Å². The van der Waals surface area contributed by atoms with Crippen LogP contribution >= 0.6 is 0 Å². The Hall–Kier alpha value is -3.14. The predicted octanol–water partition coefficient (Wildman–Crippen LogP) is 3.89. The molecule has 2 unspecified atom stereocenters. The summed E-state index contributed by atoms with van der Waals surface area (Å²) in [5, 5.41) is 0. The molecule has 0 aliphatic carbocycles. The van der Waals surface area contributed by atoms with E-state index in [1.807, 2.05) is 20.8 Å². The van der Waals surface area contributed by atoms with Crippen molar-refractivity contribution in [1.82, 2.24) is 4.90 Å². The standard InChI is InChI=1S/C28H42N2O8/c1-18(23(32)19-9-11-20(12-10-19)35-17-22(31)37-26(2,3)4)28(8,24(29)33)36-21-13-15-30(16-14-21)25(34)38-27(5,6)7/h9-12,18,21H,13-17H2,1-8H3,(H2,29,33). The Bertz CT molecular complexity index is 1000. The summed E-state index contributed by atoms with van der Waals surface area (Å²) in [6.45, 7) is 14.4. The average Bonchev–Trinajstić information content (AvgIpc) is 2.80. The van der Waals surface area contributed by atoms with Gasteiger partial charge in [0.05, 0.1) is 12.0 Å². The zero-order chi connectivity index (χ0) is 28.9. The van der Waals surface area contributed by atoms with Gasteiger partial charge in [-0.05, 0) is 85.6 Å². The smallest absolute Gasteiger partial charge is 0.410 e. The maximum atomic E-state index is 13.3. The number of Topliss-reactive ketones (excluding diaryl/α,β-unsaturated/α-hetero) is 1.